The monoisotopic (exact) mass is 278 g/mol. The largest absolute Gasteiger partial charge is 0.335 e. The van der Waals surface area contributed by atoms with Crippen LogP contribution < -0.4 is 5.84 Å². The summed E-state index contributed by atoms with van der Waals surface area (Å²) in [6.07, 6.45) is 3.85. The number of hydrogen-bond acceptors (Lipinski definition) is 5. The molecule has 0 bridgehead atoms. The van der Waals surface area contributed by atoms with Crippen LogP contribution >= 0.6 is 23.5 Å². The van der Waals surface area contributed by atoms with E-state index in [1.54, 1.807) is 11.8 Å². The second kappa shape index (κ2) is 5.97. The molecule has 2 N–H and O–H groups in total. The Morgan fingerprint density at radius 1 is 1.39 bits per heavy atom. The van der Waals surface area contributed by atoms with Gasteiger partial charge in [0.05, 0.1) is 0 Å². The van der Waals surface area contributed by atoms with Gasteiger partial charge in [-0.3, -0.25) is 0 Å². The summed E-state index contributed by atoms with van der Waals surface area (Å²) in [5.74, 6) is 7.48. The molecule has 94 valence electrons. The van der Waals surface area contributed by atoms with Gasteiger partial charge in [-0.25, -0.2) is 4.68 Å². The van der Waals surface area contributed by atoms with E-state index in [2.05, 4.69) is 16.8 Å². The van der Waals surface area contributed by atoms with E-state index in [9.17, 15) is 0 Å². The fourth-order valence-corrected chi connectivity index (χ4v) is 2.71. The number of hydrogen-bond donors (Lipinski definition) is 1. The van der Waals surface area contributed by atoms with Gasteiger partial charge >= 0.3 is 0 Å². The minimum Gasteiger partial charge on any atom is -0.335 e. The summed E-state index contributed by atoms with van der Waals surface area (Å²) in [6.45, 7) is 3.68. The Balaban J connectivity index is 2.39. The average molecular weight is 278 g/mol. The van der Waals surface area contributed by atoms with Gasteiger partial charge in [-0.05, 0) is 18.4 Å². The van der Waals surface area contributed by atoms with Crippen LogP contribution in [0.5, 0.6) is 0 Å². The van der Waals surface area contributed by atoms with Crippen LogP contribution in [0.15, 0.2) is 47.0 Å². The second-order valence-corrected chi connectivity index (χ2v) is 5.31. The highest BCUT2D eigenvalue weighted by Gasteiger charge is 2.14. The lowest BCUT2D eigenvalue weighted by Crippen LogP contribution is -2.11. The normalized spacial score (nSPS) is 10.5. The summed E-state index contributed by atoms with van der Waals surface area (Å²) < 4.78 is 1.53. The second-order valence-electron chi connectivity index (χ2n) is 3.48. The van der Waals surface area contributed by atoms with Gasteiger partial charge in [0, 0.05) is 16.2 Å². The lowest BCUT2D eigenvalue weighted by atomic mass is 10.2. The van der Waals surface area contributed by atoms with Gasteiger partial charge in [0.2, 0.25) is 5.16 Å². The summed E-state index contributed by atoms with van der Waals surface area (Å²) in [5.41, 5.74) is 1.01. The van der Waals surface area contributed by atoms with Crippen molar-refractivity contribution in [1.29, 1.82) is 0 Å². The van der Waals surface area contributed by atoms with Crippen molar-refractivity contribution >= 4 is 23.5 Å². The molecular formula is C12H14N4S2. The van der Waals surface area contributed by atoms with Gasteiger partial charge in [0.25, 0.3) is 0 Å². The van der Waals surface area contributed by atoms with Crippen LogP contribution in [0.25, 0.3) is 11.4 Å². The number of aromatic nitrogens is 3. The van der Waals surface area contributed by atoms with Gasteiger partial charge in [0.1, 0.15) is 0 Å². The van der Waals surface area contributed by atoms with Gasteiger partial charge in [0.15, 0.2) is 5.82 Å². The molecule has 2 aromatic rings. The molecule has 0 aliphatic rings. The van der Waals surface area contributed by atoms with Crippen LogP contribution in [0.3, 0.4) is 0 Å². The van der Waals surface area contributed by atoms with Crippen LogP contribution in [0, 0.1) is 0 Å². The molecule has 0 radical (unpaired) electrons. The van der Waals surface area contributed by atoms with Crippen molar-refractivity contribution in [2.75, 3.05) is 17.9 Å². The van der Waals surface area contributed by atoms with Crippen molar-refractivity contribution in [3.05, 3.63) is 36.9 Å². The Labute approximate surface area is 115 Å². The molecule has 0 fully saturated rings. The van der Waals surface area contributed by atoms with E-state index in [0.29, 0.717) is 11.0 Å². The number of nitrogens with two attached hydrogens (primary N) is 1. The highest BCUT2D eigenvalue weighted by Crippen LogP contribution is 2.29. The maximum atomic E-state index is 6.03. The lowest BCUT2D eigenvalue weighted by Gasteiger charge is -2.06. The molecule has 4 nitrogen and oxygen atoms in total. The van der Waals surface area contributed by atoms with Crippen molar-refractivity contribution in [2.45, 2.75) is 10.1 Å². The molecule has 0 aliphatic carbocycles. The first-order valence-electron chi connectivity index (χ1n) is 5.35. The van der Waals surface area contributed by atoms with E-state index in [-0.39, 0.29) is 0 Å². The standard InChI is InChI=1S/C12H14N4S2/c1-3-8-18-12-15-14-11(16(12)13)9-6-4-5-7-10(9)17-2/h3-7H,1,8,13H2,2H3. The summed E-state index contributed by atoms with van der Waals surface area (Å²) in [6, 6.07) is 8.02. The SMILES string of the molecule is C=CCSc1nnc(-c2ccccc2SC)n1N. The molecule has 2 rings (SSSR count). The van der Waals surface area contributed by atoms with E-state index >= 15 is 0 Å². The molecule has 1 aromatic carbocycles. The first-order chi connectivity index (χ1) is 8.77. The molecule has 18 heavy (non-hydrogen) atoms. The summed E-state index contributed by atoms with van der Waals surface area (Å²) in [5, 5.41) is 8.96. The van der Waals surface area contributed by atoms with Crippen molar-refractivity contribution in [1.82, 2.24) is 14.9 Å². The molecule has 1 heterocycles. The maximum Gasteiger partial charge on any atom is 0.210 e. The first kappa shape index (κ1) is 13.0. The Morgan fingerprint density at radius 2 is 2.17 bits per heavy atom. The van der Waals surface area contributed by atoms with Crippen molar-refractivity contribution in [2.24, 2.45) is 0 Å². The Bertz CT molecular complexity index is 551. The van der Waals surface area contributed by atoms with Crippen LogP contribution in [-0.4, -0.2) is 26.9 Å². The zero-order valence-corrected chi connectivity index (χ0v) is 11.7. The quantitative estimate of drug-likeness (QED) is 0.517. The Morgan fingerprint density at radius 3 is 2.89 bits per heavy atom. The fourth-order valence-electron chi connectivity index (χ4n) is 1.52. The molecule has 0 amide bonds. The fraction of sp³-hybridized carbons (Fsp3) is 0.167. The molecular weight excluding hydrogens is 264 g/mol. The van der Waals surface area contributed by atoms with Crippen LogP contribution in [-0.2, 0) is 0 Å². The predicted octanol–water partition coefficient (Wildman–Crippen LogP) is 2.66. The van der Waals surface area contributed by atoms with E-state index < -0.39 is 0 Å². The lowest BCUT2D eigenvalue weighted by molar-refractivity contribution is 0.850. The average Bonchev–Trinajstić information content (AvgIpc) is 2.77. The highest BCUT2D eigenvalue weighted by molar-refractivity contribution is 7.99. The molecule has 6 heteroatoms. The first-order valence-corrected chi connectivity index (χ1v) is 7.56. The summed E-state index contributed by atoms with van der Waals surface area (Å²) in [7, 11) is 0. The smallest absolute Gasteiger partial charge is 0.210 e. The molecule has 0 atom stereocenters. The molecule has 0 saturated heterocycles. The van der Waals surface area contributed by atoms with Crippen LogP contribution in [0.2, 0.25) is 0 Å². The van der Waals surface area contributed by atoms with Crippen molar-refractivity contribution in [3.63, 3.8) is 0 Å². The van der Waals surface area contributed by atoms with E-state index in [1.807, 2.05) is 36.6 Å². The van der Waals surface area contributed by atoms with Gasteiger partial charge in [-0.2, -0.15) is 0 Å². The summed E-state index contributed by atoms with van der Waals surface area (Å²) >= 11 is 3.18. The third-order valence-electron chi connectivity index (χ3n) is 2.34. The summed E-state index contributed by atoms with van der Waals surface area (Å²) in [4.78, 5) is 1.14. The zero-order chi connectivity index (χ0) is 13.0. The molecule has 1 aromatic heterocycles. The third kappa shape index (κ3) is 2.54. The molecule has 0 aliphatic heterocycles. The third-order valence-corrected chi connectivity index (χ3v) is 4.08. The molecule has 0 spiro atoms. The number of nitrogen functional groups attached to an aromatic ring is 1. The zero-order valence-electron chi connectivity index (χ0n) is 10.0. The van der Waals surface area contributed by atoms with Gasteiger partial charge < -0.3 is 5.84 Å². The Hall–Kier alpha value is -1.40. The number of rotatable bonds is 5. The number of thioether (sulfide) groups is 2. The minimum atomic E-state index is 0.687. The van der Waals surface area contributed by atoms with Crippen molar-refractivity contribution < 1.29 is 0 Å². The topological polar surface area (TPSA) is 56.7 Å². The number of benzene rings is 1. The van der Waals surface area contributed by atoms with Crippen LogP contribution in [0.4, 0.5) is 0 Å². The Kier molecular flexibility index (Phi) is 4.33. The van der Waals surface area contributed by atoms with E-state index in [1.165, 1.54) is 16.4 Å². The van der Waals surface area contributed by atoms with Gasteiger partial charge in [-0.1, -0.05) is 30.0 Å². The number of nitrogens with zero attached hydrogens (tertiary/aromatic N) is 3. The van der Waals surface area contributed by atoms with E-state index in [0.717, 1.165) is 16.2 Å². The van der Waals surface area contributed by atoms with Crippen molar-refractivity contribution in [3.8, 4) is 11.4 Å². The van der Waals surface area contributed by atoms with E-state index in [4.69, 9.17) is 5.84 Å². The molecule has 0 unspecified atom stereocenters. The maximum absolute atomic E-state index is 6.03. The van der Waals surface area contributed by atoms with Gasteiger partial charge in [-0.15, -0.1) is 28.5 Å². The van der Waals surface area contributed by atoms with Crippen LogP contribution in [0.1, 0.15) is 0 Å². The predicted molar refractivity (Wildman–Crippen MR) is 78.3 cm³/mol. The molecule has 0 saturated carbocycles. The highest BCUT2D eigenvalue weighted by atomic mass is 32.2. The minimum absolute atomic E-state index is 0.687.